The van der Waals surface area contributed by atoms with E-state index < -0.39 is 10.8 Å². The Morgan fingerprint density at radius 1 is 0.792 bits per heavy atom. The fourth-order valence-corrected chi connectivity index (χ4v) is 9.62. The number of benzene rings is 4. The first-order valence-electron chi connectivity index (χ1n) is 17.7. The smallest absolute Gasteiger partial charge is 0.309 e. The minimum atomic E-state index is -0.482. The van der Waals surface area contributed by atoms with Crippen molar-refractivity contribution >= 4 is 27.8 Å². The molecule has 0 aliphatic heterocycles. The van der Waals surface area contributed by atoms with Crippen molar-refractivity contribution in [3.63, 3.8) is 0 Å². The molecule has 8 rings (SSSR count). The molecule has 0 saturated heterocycles. The standard InChI is InChI=1S/C45H46BOP/c1-7-29-30-20-12-14-23-34(30)44(33(29)8-2)37-25-16-17-26-38(37)45(35-22-11-9-10-19-31(35)32-21-13-15-24-36(32)45)41-39(44)27-18-28-40(41)46-47-42(3,4)43(5,6)48/h8-18,20-29,46H,7,19,48H2,1-6H3/b33-8+/t29?,44-,45?/m0/s1. The van der Waals surface area contributed by atoms with E-state index in [0.29, 0.717) is 13.4 Å². The minimum absolute atomic E-state index is 0.102. The number of allylic oxidation sites excluding steroid dienone is 8. The monoisotopic (exact) mass is 644 g/mol. The molecule has 4 aliphatic rings. The summed E-state index contributed by atoms with van der Waals surface area (Å²) in [7, 11) is 3.56. The van der Waals surface area contributed by atoms with Gasteiger partial charge < -0.3 is 4.65 Å². The van der Waals surface area contributed by atoms with E-state index in [1.165, 1.54) is 66.7 Å². The lowest BCUT2D eigenvalue weighted by atomic mass is 9.49. The van der Waals surface area contributed by atoms with Crippen LogP contribution in [0.1, 0.15) is 105 Å². The van der Waals surface area contributed by atoms with Crippen LogP contribution in [0.3, 0.4) is 0 Å². The molecule has 48 heavy (non-hydrogen) atoms. The van der Waals surface area contributed by atoms with Crippen LogP contribution in [0.2, 0.25) is 0 Å². The van der Waals surface area contributed by atoms with Crippen LogP contribution in [0.15, 0.2) is 133 Å². The summed E-state index contributed by atoms with van der Waals surface area (Å²) < 4.78 is 7.02. The molecule has 4 atom stereocenters. The third-order valence-corrected chi connectivity index (χ3v) is 13.0. The molecule has 0 saturated carbocycles. The van der Waals surface area contributed by atoms with E-state index in [1.807, 2.05) is 0 Å². The van der Waals surface area contributed by atoms with Gasteiger partial charge in [0.25, 0.3) is 0 Å². The van der Waals surface area contributed by atoms with Gasteiger partial charge in [0, 0.05) is 11.1 Å². The van der Waals surface area contributed by atoms with Gasteiger partial charge in [0.2, 0.25) is 0 Å². The molecule has 3 unspecified atom stereocenters. The SMILES string of the molecule is C/C=C1\C(CC)c2ccccc2[C@]12c1ccccc1C1(C3=C(CC=CC=C3)c3ccccc31)c1c(BOC(C)(C)C(C)(C)P)cccc12. The normalized spacial score (nSPS) is 24.4. The van der Waals surface area contributed by atoms with E-state index in [9.17, 15) is 0 Å². The van der Waals surface area contributed by atoms with E-state index in [0.717, 1.165) is 12.8 Å². The summed E-state index contributed by atoms with van der Waals surface area (Å²) >= 11 is 0. The summed E-state index contributed by atoms with van der Waals surface area (Å²) in [5, 5.41) is -0.102. The second kappa shape index (κ2) is 11.2. The summed E-state index contributed by atoms with van der Waals surface area (Å²) in [5.74, 6) is 0.352. The van der Waals surface area contributed by atoms with Crippen LogP contribution in [-0.2, 0) is 15.5 Å². The molecule has 4 aliphatic carbocycles. The van der Waals surface area contributed by atoms with Crippen molar-refractivity contribution in [1.82, 2.24) is 0 Å². The van der Waals surface area contributed by atoms with E-state index >= 15 is 0 Å². The van der Waals surface area contributed by atoms with E-state index in [2.05, 4.69) is 172 Å². The zero-order valence-electron chi connectivity index (χ0n) is 29.2. The largest absolute Gasteiger partial charge is 0.429 e. The number of rotatable bonds is 5. The Morgan fingerprint density at radius 3 is 2.15 bits per heavy atom. The van der Waals surface area contributed by atoms with Crippen molar-refractivity contribution in [2.75, 3.05) is 0 Å². The Kier molecular flexibility index (Phi) is 7.34. The Hall–Kier alpha value is -3.71. The molecule has 1 nitrogen and oxygen atoms in total. The summed E-state index contributed by atoms with van der Waals surface area (Å²) in [5.41, 5.74) is 15.6. The molecule has 0 amide bonds. The lowest BCUT2D eigenvalue weighted by molar-refractivity contribution is 0.0840. The predicted molar refractivity (Wildman–Crippen MR) is 208 cm³/mol. The Bertz CT molecular complexity index is 2090. The van der Waals surface area contributed by atoms with Gasteiger partial charge in [-0.05, 0) is 100 Å². The van der Waals surface area contributed by atoms with Gasteiger partial charge in [-0.2, -0.15) is 0 Å². The fraction of sp³-hybridized carbons (Fsp3) is 0.289. The lowest BCUT2D eigenvalue weighted by Gasteiger charge is -2.51. The van der Waals surface area contributed by atoms with Crippen molar-refractivity contribution in [2.45, 2.75) is 81.9 Å². The van der Waals surface area contributed by atoms with Crippen LogP contribution in [0.5, 0.6) is 0 Å². The molecule has 0 radical (unpaired) electrons. The summed E-state index contributed by atoms with van der Waals surface area (Å²) in [4.78, 5) is 0. The molecule has 0 bridgehead atoms. The molecule has 0 heterocycles. The van der Waals surface area contributed by atoms with E-state index in [-0.39, 0.29) is 10.8 Å². The quantitative estimate of drug-likeness (QED) is 0.119. The minimum Gasteiger partial charge on any atom is -0.429 e. The molecule has 240 valence electrons. The first-order chi connectivity index (χ1) is 23.1. The molecule has 3 heteroatoms. The molecular formula is C45H46BOP. The summed E-state index contributed by atoms with van der Waals surface area (Å²) in [6.07, 6.45) is 13.6. The van der Waals surface area contributed by atoms with E-state index in [4.69, 9.17) is 4.65 Å². The molecule has 4 aromatic carbocycles. The maximum Gasteiger partial charge on any atom is 0.309 e. The van der Waals surface area contributed by atoms with Crippen LogP contribution >= 0.6 is 9.24 Å². The molecule has 2 spiro atoms. The highest BCUT2D eigenvalue weighted by molar-refractivity contribution is 7.19. The molecule has 4 aromatic rings. The van der Waals surface area contributed by atoms with Gasteiger partial charge in [0.1, 0.15) is 0 Å². The van der Waals surface area contributed by atoms with Gasteiger partial charge in [0.05, 0.1) is 16.4 Å². The van der Waals surface area contributed by atoms with Crippen molar-refractivity contribution in [2.24, 2.45) is 0 Å². The third kappa shape index (κ3) is 4.00. The van der Waals surface area contributed by atoms with Crippen molar-refractivity contribution in [3.05, 3.63) is 177 Å². The van der Waals surface area contributed by atoms with E-state index in [1.54, 1.807) is 0 Å². The Balaban J connectivity index is 1.55. The molecular weight excluding hydrogens is 598 g/mol. The fourth-order valence-electron chi connectivity index (χ4n) is 9.53. The molecule has 0 fully saturated rings. The van der Waals surface area contributed by atoms with Crippen LogP contribution in [0.4, 0.5) is 0 Å². The summed E-state index contributed by atoms with van der Waals surface area (Å²) in [6, 6.07) is 35.0. The lowest BCUT2D eigenvalue weighted by Crippen LogP contribution is -2.50. The van der Waals surface area contributed by atoms with Gasteiger partial charge in [0.15, 0.2) is 0 Å². The topological polar surface area (TPSA) is 9.23 Å². The second-order valence-corrected chi connectivity index (χ2v) is 16.6. The zero-order valence-corrected chi connectivity index (χ0v) is 30.4. The van der Waals surface area contributed by atoms with Crippen molar-refractivity contribution in [1.29, 1.82) is 0 Å². The maximum atomic E-state index is 7.02. The van der Waals surface area contributed by atoms with Gasteiger partial charge >= 0.3 is 7.48 Å². The third-order valence-electron chi connectivity index (χ3n) is 12.3. The van der Waals surface area contributed by atoms with Crippen LogP contribution < -0.4 is 5.46 Å². The Labute approximate surface area is 290 Å². The van der Waals surface area contributed by atoms with Crippen molar-refractivity contribution < 1.29 is 4.65 Å². The van der Waals surface area contributed by atoms with Gasteiger partial charge in [-0.3, -0.25) is 0 Å². The molecule has 0 aromatic heterocycles. The van der Waals surface area contributed by atoms with Crippen LogP contribution in [0, 0.1) is 0 Å². The number of hydrogen-bond acceptors (Lipinski definition) is 1. The Morgan fingerprint density at radius 2 is 1.44 bits per heavy atom. The first kappa shape index (κ1) is 31.6. The summed E-state index contributed by atoms with van der Waals surface area (Å²) in [6.45, 7) is 13.6. The van der Waals surface area contributed by atoms with Crippen LogP contribution in [0.25, 0.3) is 5.57 Å². The predicted octanol–water partition coefficient (Wildman–Crippen LogP) is 9.83. The number of hydrogen-bond donors (Lipinski definition) is 0. The number of fused-ring (bicyclic) bond motifs is 12. The highest BCUT2D eigenvalue weighted by Crippen LogP contribution is 2.68. The highest BCUT2D eigenvalue weighted by atomic mass is 31.0. The van der Waals surface area contributed by atoms with Crippen molar-refractivity contribution in [3.8, 4) is 0 Å². The average molecular weight is 645 g/mol. The highest BCUT2D eigenvalue weighted by Gasteiger charge is 2.61. The first-order valence-corrected chi connectivity index (χ1v) is 18.3. The van der Waals surface area contributed by atoms with Gasteiger partial charge in [-0.25, -0.2) is 0 Å². The maximum absolute atomic E-state index is 7.02. The molecule has 0 N–H and O–H groups in total. The van der Waals surface area contributed by atoms with Crippen LogP contribution in [-0.4, -0.2) is 18.2 Å². The van der Waals surface area contributed by atoms with Gasteiger partial charge in [-0.1, -0.05) is 142 Å². The van der Waals surface area contributed by atoms with Gasteiger partial charge in [-0.15, -0.1) is 9.24 Å². The zero-order chi connectivity index (χ0) is 33.5. The second-order valence-electron chi connectivity index (χ2n) is 15.1. The average Bonchev–Trinajstić information content (AvgIpc) is 3.37.